The second-order valence-corrected chi connectivity index (χ2v) is 8.18. The van der Waals surface area contributed by atoms with E-state index >= 15 is 0 Å². The third-order valence-electron chi connectivity index (χ3n) is 6.16. The first-order chi connectivity index (χ1) is 12.5. The summed E-state index contributed by atoms with van der Waals surface area (Å²) < 4.78 is 17.1. The van der Waals surface area contributed by atoms with E-state index in [4.69, 9.17) is 14.2 Å². The van der Waals surface area contributed by atoms with Gasteiger partial charge in [0.25, 0.3) is 0 Å². The van der Waals surface area contributed by atoms with Crippen LogP contribution in [0.15, 0.2) is 23.8 Å². The Labute approximate surface area is 159 Å². The summed E-state index contributed by atoms with van der Waals surface area (Å²) in [6, 6.07) is 0. The Morgan fingerprint density at radius 3 is 2.78 bits per heavy atom. The Balaban J connectivity index is 2.04. The quantitative estimate of drug-likeness (QED) is 0.436. The number of esters is 2. The van der Waals surface area contributed by atoms with E-state index < -0.39 is 41.6 Å². The van der Waals surface area contributed by atoms with E-state index in [1.54, 1.807) is 26.8 Å². The molecule has 0 aromatic heterocycles. The molecule has 0 unspecified atom stereocenters. The zero-order valence-corrected chi connectivity index (χ0v) is 16.2. The number of hydrogen-bond acceptors (Lipinski definition) is 7. The van der Waals surface area contributed by atoms with E-state index in [0.717, 1.165) is 0 Å². The highest BCUT2D eigenvalue weighted by atomic mass is 16.7. The summed E-state index contributed by atoms with van der Waals surface area (Å²) in [6.07, 6.45) is -0.133. The Morgan fingerprint density at radius 1 is 1.48 bits per heavy atom. The lowest BCUT2D eigenvalue weighted by Crippen LogP contribution is -2.45. The Hall–Kier alpha value is -1.70. The maximum atomic E-state index is 12.5. The van der Waals surface area contributed by atoms with Crippen molar-refractivity contribution >= 4 is 11.9 Å². The maximum absolute atomic E-state index is 12.5. The summed E-state index contributed by atoms with van der Waals surface area (Å²) in [7, 11) is 0. The summed E-state index contributed by atoms with van der Waals surface area (Å²) in [5, 5.41) is 21.5. The van der Waals surface area contributed by atoms with Gasteiger partial charge in [0.05, 0.1) is 23.5 Å². The molecule has 2 bridgehead atoms. The average Bonchev–Trinajstić information content (AvgIpc) is 2.99. The molecule has 0 aromatic rings. The van der Waals surface area contributed by atoms with Gasteiger partial charge >= 0.3 is 11.9 Å². The van der Waals surface area contributed by atoms with Gasteiger partial charge in [0.15, 0.2) is 5.79 Å². The molecule has 3 aliphatic rings. The molecule has 2 N–H and O–H groups in total. The third-order valence-corrected chi connectivity index (χ3v) is 6.16. The van der Waals surface area contributed by atoms with Crippen molar-refractivity contribution in [2.45, 2.75) is 76.7 Å². The van der Waals surface area contributed by atoms with Gasteiger partial charge in [0.1, 0.15) is 12.2 Å². The topological polar surface area (TPSA) is 102 Å². The maximum Gasteiger partial charge on any atom is 0.334 e. The number of carbonyl (C=O) groups excluding carboxylic acids is 2. The second kappa shape index (κ2) is 6.72. The molecule has 2 saturated heterocycles. The normalized spacial score (nSPS) is 44.3. The fourth-order valence-electron chi connectivity index (χ4n) is 4.02. The van der Waals surface area contributed by atoms with Gasteiger partial charge in [-0.15, -0.1) is 0 Å². The second-order valence-electron chi connectivity index (χ2n) is 8.18. The van der Waals surface area contributed by atoms with E-state index in [2.05, 4.69) is 6.58 Å². The third kappa shape index (κ3) is 3.32. The van der Waals surface area contributed by atoms with Gasteiger partial charge in [-0.25, -0.2) is 4.79 Å². The van der Waals surface area contributed by atoms with Gasteiger partial charge < -0.3 is 24.4 Å². The smallest absolute Gasteiger partial charge is 0.334 e. The van der Waals surface area contributed by atoms with Crippen LogP contribution in [0.3, 0.4) is 0 Å². The molecule has 0 aliphatic carbocycles. The minimum Gasteiger partial charge on any atom is -0.461 e. The van der Waals surface area contributed by atoms with Crippen LogP contribution in [-0.4, -0.2) is 51.9 Å². The van der Waals surface area contributed by atoms with Gasteiger partial charge in [-0.3, -0.25) is 4.79 Å². The van der Waals surface area contributed by atoms with E-state index in [-0.39, 0.29) is 30.3 Å². The van der Waals surface area contributed by atoms with Crippen LogP contribution in [0, 0.1) is 11.8 Å². The van der Waals surface area contributed by atoms with E-state index in [1.165, 1.54) is 0 Å². The first kappa shape index (κ1) is 20.0. The summed E-state index contributed by atoms with van der Waals surface area (Å²) in [4.78, 5) is 24.6. The molecule has 3 aliphatic heterocycles. The van der Waals surface area contributed by atoms with Crippen LogP contribution in [0.25, 0.3) is 0 Å². The van der Waals surface area contributed by atoms with E-state index in [1.807, 2.05) is 6.92 Å². The molecule has 3 heterocycles. The van der Waals surface area contributed by atoms with Crippen LogP contribution >= 0.6 is 0 Å². The molecule has 7 atom stereocenters. The molecule has 2 fully saturated rings. The van der Waals surface area contributed by atoms with Crippen molar-refractivity contribution in [1.82, 2.24) is 0 Å². The average molecular weight is 380 g/mol. The molecule has 0 saturated carbocycles. The number of carbonyl (C=O) groups is 2. The van der Waals surface area contributed by atoms with Crippen LogP contribution in [0.1, 0.15) is 47.0 Å². The molecular weight excluding hydrogens is 352 g/mol. The highest BCUT2D eigenvalue weighted by molar-refractivity contribution is 5.91. The zero-order chi connectivity index (χ0) is 20.1. The molecule has 150 valence electrons. The fourth-order valence-corrected chi connectivity index (χ4v) is 4.02. The molecular formula is C20H28O7. The SMILES string of the molecule is C=C1C(=O)O[C@H]2/C=C(/C)[C@@]3(O)C[C@@H](O)[C@@](C)(C[C@@H](OC(=O)[C@H](C)CC)[C@@H]12)O3. The van der Waals surface area contributed by atoms with Gasteiger partial charge in [-0.2, -0.15) is 0 Å². The van der Waals surface area contributed by atoms with Crippen molar-refractivity contribution < 1.29 is 34.0 Å². The largest absolute Gasteiger partial charge is 0.461 e. The van der Waals surface area contributed by atoms with Gasteiger partial charge in [0.2, 0.25) is 0 Å². The molecule has 0 amide bonds. The summed E-state index contributed by atoms with van der Waals surface area (Å²) in [5.41, 5.74) is -0.490. The van der Waals surface area contributed by atoms with Gasteiger partial charge in [-0.05, 0) is 31.9 Å². The summed E-state index contributed by atoms with van der Waals surface area (Å²) in [5.74, 6) is -3.51. The first-order valence-corrected chi connectivity index (χ1v) is 9.40. The highest BCUT2D eigenvalue weighted by Gasteiger charge is 2.58. The van der Waals surface area contributed by atoms with Gasteiger partial charge in [-0.1, -0.05) is 20.4 Å². The lowest BCUT2D eigenvalue weighted by atomic mass is 9.80. The molecule has 3 rings (SSSR count). The van der Waals surface area contributed by atoms with Crippen LogP contribution in [-0.2, 0) is 23.8 Å². The molecule has 27 heavy (non-hydrogen) atoms. The highest BCUT2D eigenvalue weighted by Crippen LogP contribution is 2.48. The number of ether oxygens (including phenoxy) is 3. The van der Waals surface area contributed by atoms with Crippen LogP contribution in [0.5, 0.6) is 0 Å². The molecule has 7 nitrogen and oxygen atoms in total. The summed E-state index contributed by atoms with van der Waals surface area (Å²) in [6.45, 7) is 10.8. The van der Waals surface area contributed by atoms with Crippen LogP contribution < -0.4 is 0 Å². The van der Waals surface area contributed by atoms with Crippen molar-refractivity contribution in [3.63, 3.8) is 0 Å². The lowest BCUT2D eigenvalue weighted by molar-refractivity contribution is -0.209. The molecule has 7 heteroatoms. The number of aliphatic hydroxyl groups excluding tert-OH is 1. The van der Waals surface area contributed by atoms with Crippen molar-refractivity contribution in [3.05, 3.63) is 23.8 Å². The van der Waals surface area contributed by atoms with E-state index in [9.17, 15) is 19.8 Å². The molecule has 0 aromatic carbocycles. The number of hydrogen-bond donors (Lipinski definition) is 2. The number of aliphatic hydroxyl groups is 2. The molecule has 0 radical (unpaired) electrons. The lowest BCUT2D eigenvalue weighted by Gasteiger charge is -2.34. The summed E-state index contributed by atoms with van der Waals surface area (Å²) >= 11 is 0. The predicted octanol–water partition coefficient (Wildman–Crippen LogP) is 1.62. The Kier molecular flexibility index (Phi) is 4.99. The van der Waals surface area contributed by atoms with Crippen LogP contribution in [0.4, 0.5) is 0 Å². The number of fused-ring (bicyclic) bond motifs is 3. The first-order valence-electron chi connectivity index (χ1n) is 9.40. The number of rotatable bonds is 3. The fraction of sp³-hybridized carbons (Fsp3) is 0.700. The van der Waals surface area contributed by atoms with Crippen molar-refractivity contribution in [2.24, 2.45) is 11.8 Å². The van der Waals surface area contributed by atoms with E-state index in [0.29, 0.717) is 12.0 Å². The Morgan fingerprint density at radius 2 is 2.15 bits per heavy atom. The zero-order valence-electron chi connectivity index (χ0n) is 16.2. The predicted molar refractivity (Wildman–Crippen MR) is 95.3 cm³/mol. The minimum absolute atomic E-state index is 0.00978. The van der Waals surface area contributed by atoms with Crippen LogP contribution in [0.2, 0.25) is 0 Å². The van der Waals surface area contributed by atoms with Crippen molar-refractivity contribution in [3.8, 4) is 0 Å². The van der Waals surface area contributed by atoms with Gasteiger partial charge in [0, 0.05) is 18.4 Å². The Bertz CT molecular complexity index is 698. The monoisotopic (exact) mass is 380 g/mol. The minimum atomic E-state index is -1.66. The standard InChI is InChI=1S/C20H28O7/c1-6-10(2)17(22)26-14-8-19(5)15(21)9-20(24,27-19)11(3)7-13-16(14)12(4)18(23)25-13/h7,10,13-16,21,24H,4,6,8-9H2,1-3,5H3/b11-7-/t10-,13+,14-,15-,16+,19-,20-/m1/s1. The van der Waals surface area contributed by atoms with Crippen molar-refractivity contribution in [2.75, 3.05) is 0 Å². The van der Waals surface area contributed by atoms with Crippen molar-refractivity contribution in [1.29, 1.82) is 0 Å². The molecule has 0 spiro atoms.